The molecule has 0 aliphatic heterocycles. The van der Waals surface area contributed by atoms with Crippen molar-refractivity contribution in [3.8, 4) is 0 Å². The van der Waals surface area contributed by atoms with Crippen molar-refractivity contribution in [3.63, 3.8) is 0 Å². The number of amides is 2. The Labute approximate surface area is 155 Å². The summed E-state index contributed by atoms with van der Waals surface area (Å²) in [6.07, 6.45) is 11.2. The highest BCUT2D eigenvalue weighted by Crippen LogP contribution is 2.60. The molecule has 3 N–H and O–H groups in total. The van der Waals surface area contributed by atoms with Crippen LogP contribution < -0.4 is 11.1 Å². The molecule has 2 amide bonds. The molecule has 1 aromatic carbocycles. The van der Waals surface area contributed by atoms with Gasteiger partial charge in [0, 0.05) is 5.41 Å². The maximum Gasteiger partial charge on any atom is 0.240 e. The summed E-state index contributed by atoms with van der Waals surface area (Å²) in [4.78, 5) is 25.0. The fraction of sp³-hybridized carbons (Fsp3) is 0.545. The highest BCUT2D eigenvalue weighted by atomic mass is 16.2. The fourth-order valence-corrected chi connectivity index (χ4v) is 5.85. The highest BCUT2D eigenvalue weighted by Gasteiger charge is 2.54. The number of rotatable bonds is 6. The lowest BCUT2D eigenvalue weighted by Crippen LogP contribution is -2.56. The van der Waals surface area contributed by atoms with Gasteiger partial charge in [-0.1, -0.05) is 42.5 Å². The Kier molecular flexibility index (Phi) is 4.60. The van der Waals surface area contributed by atoms with E-state index in [0.29, 0.717) is 24.2 Å². The molecule has 26 heavy (non-hydrogen) atoms. The molecular weight excluding hydrogens is 324 g/mol. The molecule has 0 aromatic heterocycles. The molecule has 0 spiro atoms. The predicted octanol–water partition coefficient (Wildman–Crippen LogP) is 3.28. The minimum Gasteiger partial charge on any atom is -0.368 e. The molecule has 1 atom stereocenters. The van der Waals surface area contributed by atoms with Gasteiger partial charge in [-0.2, -0.15) is 0 Å². The number of benzene rings is 1. The van der Waals surface area contributed by atoms with E-state index >= 15 is 0 Å². The van der Waals surface area contributed by atoms with Crippen LogP contribution in [0.1, 0.15) is 50.5 Å². The fourth-order valence-electron chi connectivity index (χ4n) is 5.85. The van der Waals surface area contributed by atoms with Gasteiger partial charge in [0.2, 0.25) is 11.8 Å². The Hall–Kier alpha value is -2.10. The van der Waals surface area contributed by atoms with Gasteiger partial charge in [-0.3, -0.25) is 9.59 Å². The van der Waals surface area contributed by atoms with Crippen LogP contribution in [0.3, 0.4) is 0 Å². The minimum atomic E-state index is -0.629. The average Bonchev–Trinajstić information content (AvgIpc) is 2.60. The van der Waals surface area contributed by atoms with Crippen LogP contribution in [0, 0.1) is 23.2 Å². The lowest BCUT2D eigenvalue weighted by molar-refractivity contribution is -0.148. The summed E-state index contributed by atoms with van der Waals surface area (Å²) in [5.41, 5.74) is 6.40. The Bertz CT molecular complexity index is 675. The monoisotopic (exact) mass is 352 g/mol. The van der Waals surface area contributed by atoms with Crippen LogP contribution in [-0.4, -0.2) is 17.9 Å². The molecule has 4 nitrogen and oxygen atoms in total. The topological polar surface area (TPSA) is 72.2 Å². The summed E-state index contributed by atoms with van der Waals surface area (Å²) in [5, 5.41) is 3.00. The molecule has 5 rings (SSSR count). The van der Waals surface area contributed by atoms with Gasteiger partial charge in [0.25, 0.3) is 0 Å². The zero-order valence-corrected chi connectivity index (χ0v) is 15.2. The van der Waals surface area contributed by atoms with E-state index in [4.69, 9.17) is 5.73 Å². The van der Waals surface area contributed by atoms with Gasteiger partial charge in [0.15, 0.2) is 0 Å². The van der Waals surface area contributed by atoms with Gasteiger partial charge in [-0.05, 0) is 68.3 Å². The number of hydrogen-bond acceptors (Lipinski definition) is 2. The first kappa shape index (κ1) is 17.3. The van der Waals surface area contributed by atoms with Crippen LogP contribution in [-0.2, 0) is 9.59 Å². The van der Waals surface area contributed by atoms with Crippen molar-refractivity contribution >= 4 is 17.9 Å². The van der Waals surface area contributed by atoms with E-state index in [1.54, 1.807) is 0 Å². The average molecular weight is 352 g/mol. The largest absolute Gasteiger partial charge is 0.368 e. The van der Waals surface area contributed by atoms with Crippen molar-refractivity contribution in [3.05, 3.63) is 42.0 Å². The minimum absolute atomic E-state index is 0.0634. The van der Waals surface area contributed by atoms with Gasteiger partial charge in [0.1, 0.15) is 6.04 Å². The Balaban J connectivity index is 1.41. The maximum absolute atomic E-state index is 13.1. The van der Waals surface area contributed by atoms with E-state index in [-0.39, 0.29) is 11.3 Å². The Morgan fingerprint density at radius 2 is 1.65 bits per heavy atom. The third-order valence-electron chi connectivity index (χ3n) is 6.65. The van der Waals surface area contributed by atoms with Gasteiger partial charge in [-0.25, -0.2) is 0 Å². The molecule has 4 bridgehead atoms. The van der Waals surface area contributed by atoms with Crippen LogP contribution in [0.2, 0.25) is 0 Å². The van der Waals surface area contributed by atoms with Crippen molar-refractivity contribution in [1.29, 1.82) is 0 Å². The molecule has 4 aliphatic rings. The molecule has 0 unspecified atom stereocenters. The van der Waals surface area contributed by atoms with Gasteiger partial charge >= 0.3 is 0 Å². The zero-order chi connectivity index (χ0) is 18.1. The lowest BCUT2D eigenvalue weighted by Gasteiger charge is -2.55. The first-order valence-corrected chi connectivity index (χ1v) is 9.86. The molecule has 138 valence electrons. The molecule has 4 aliphatic carbocycles. The molecule has 4 heteroatoms. The summed E-state index contributed by atoms with van der Waals surface area (Å²) >= 11 is 0. The van der Waals surface area contributed by atoms with E-state index in [1.807, 2.05) is 42.5 Å². The highest BCUT2D eigenvalue weighted by molar-refractivity contribution is 5.89. The van der Waals surface area contributed by atoms with E-state index < -0.39 is 11.9 Å². The van der Waals surface area contributed by atoms with Crippen LogP contribution in [0.15, 0.2) is 36.4 Å². The second-order valence-electron chi connectivity index (χ2n) is 8.68. The predicted molar refractivity (Wildman–Crippen MR) is 102 cm³/mol. The van der Waals surface area contributed by atoms with Crippen molar-refractivity contribution in [2.24, 2.45) is 28.9 Å². The smallest absolute Gasteiger partial charge is 0.240 e. The van der Waals surface area contributed by atoms with E-state index in [2.05, 4.69) is 5.32 Å². The summed E-state index contributed by atoms with van der Waals surface area (Å²) in [6.45, 7) is 0. The first-order valence-electron chi connectivity index (χ1n) is 9.86. The van der Waals surface area contributed by atoms with E-state index in [1.165, 1.54) is 19.3 Å². The van der Waals surface area contributed by atoms with E-state index in [9.17, 15) is 9.59 Å². The molecule has 4 fully saturated rings. The number of carbonyl (C=O) groups excluding carboxylic acids is 2. The summed E-state index contributed by atoms with van der Waals surface area (Å²) in [6, 6.07) is 9.29. The van der Waals surface area contributed by atoms with Crippen molar-refractivity contribution in [2.75, 3.05) is 0 Å². The summed E-state index contributed by atoms with van der Waals surface area (Å²) in [7, 11) is 0. The van der Waals surface area contributed by atoms with Crippen LogP contribution in [0.5, 0.6) is 0 Å². The van der Waals surface area contributed by atoms with Crippen LogP contribution in [0.4, 0.5) is 0 Å². The van der Waals surface area contributed by atoms with Crippen molar-refractivity contribution in [2.45, 2.75) is 51.0 Å². The lowest BCUT2D eigenvalue weighted by atomic mass is 9.49. The normalized spacial score (nSPS) is 33.3. The zero-order valence-electron chi connectivity index (χ0n) is 15.2. The number of primary amides is 1. The molecule has 1 aromatic rings. The summed E-state index contributed by atoms with van der Waals surface area (Å²) < 4.78 is 0. The first-order chi connectivity index (χ1) is 12.5. The van der Waals surface area contributed by atoms with Gasteiger partial charge in [-0.15, -0.1) is 0 Å². The van der Waals surface area contributed by atoms with Crippen molar-refractivity contribution < 1.29 is 9.59 Å². The maximum atomic E-state index is 13.1. The quantitative estimate of drug-likeness (QED) is 0.825. The second-order valence-corrected chi connectivity index (χ2v) is 8.68. The van der Waals surface area contributed by atoms with E-state index in [0.717, 1.165) is 24.8 Å². The van der Waals surface area contributed by atoms with Gasteiger partial charge < -0.3 is 11.1 Å². The molecule has 0 heterocycles. The molecule has 0 radical (unpaired) electrons. The van der Waals surface area contributed by atoms with Crippen LogP contribution >= 0.6 is 0 Å². The number of nitrogens with two attached hydrogens (primary N) is 1. The Morgan fingerprint density at radius 1 is 1.08 bits per heavy atom. The molecule has 4 saturated carbocycles. The van der Waals surface area contributed by atoms with Crippen LogP contribution in [0.25, 0.3) is 6.08 Å². The van der Waals surface area contributed by atoms with Crippen molar-refractivity contribution in [1.82, 2.24) is 5.32 Å². The molecular formula is C22H28N2O2. The number of nitrogens with one attached hydrogen (secondary N) is 1. The molecule has 0 saturated heterocycles. The third kappa shape index (κ3) is 3.42. The number of hydrogen-bond donors (Lipinski definition) is 2. The third-order valence-corrected chi connectivity index (χ3v) is 6.65. The SMILES string of the molecule is NC(=O)[C@H](C/C=C/c1ccccc1)NC(=O)C12CC3CC(CC(C3)C1)C2. The van der Waals surface area contributed by atoms with Gasteiger partial charge in [0.05, 0.1) is 0 Å². The standard InChI is InChI=1S/C22H28N2O2/c23-20(25)19(8-4-7-15-5-2-1-3-6-15)24-21(26)22-12-16-9-17(13-22)11-18(10-16)14-22/h1-7,16-19H,8-14H2,(H2,23,25)(H,24,26)/b7-4+/t16?,17?,18?,19-,22?/m0/s1. The Morgan fingerprint density at radius 3 is 2.19 bits per heavy atom. The second kappa shape index (κ2) is 6.90. The summed E-state index contributed by atoms with van der Waals surface area (Å²) in [5.74, 6) is 1.72. The number of carbonyl (C=O) groups is 2.